The molecule has 1 N–H and O–H groups in total. The van der Waals surface area contributed by atoms with E-state index in [0.717, 1.165) is 12.8 Å². The fraction of sp³-hybridized carbons (Fsp3) is 0.833. The van der Waals surface area contributed by atoms with Crippen LogP contribution in [0.3, 0.4) is 0 Å². The number of unbranched alkanes of at least 4 members (excludes halogenated alkanes) is 2. The first-order valence-electron chi connectivity index (χ1n) is 5.53. The molecule has 0 amide bonds. The van der Waals surface area contributed by atoms with E-state index in [2.05, 4.69) is 32.9 Å². The SMILES string of the molecule is CCCCC=CC(CO)C(C)CC. The Kier molecular flexibility index (Phi) is 8.11. The van der Waals surface area contributed by atoms with Crippen LogP contribution in [0.1, 0.15) is 46.5 Å². The lowest BCUT2D eigenvalue weighted by Crippen LogP contribution is -2.12. The highest BCUT2D eigenvalue weighted by Gasteiger charge is 2.10. The van der Waals surface area contributed by atoms with Gasteiger partial charge in [0.25, 0.3) is 0 Å². The van der Waals surface area contributed by atoms with E-state index in [0.29, 0.717) is 11.8 Å². The monoisotopic (exact) mass is 184 g/mol. The first kappa shape index (κ1) is 12.7. The second kappa shape index (κ2) is 8.31. The molecule has 0 saturated carbocycles. The van der Waals surface area contributed by atoms with Crippen LogP contribution in [-0.4, -0.2) is 11.7 Å². The first-order chi connectivity index (χ1) is 6.26. The second-order valence-corrected chi connectivity index (χ2v) is 3.80. The number of hydrogen-bond donors (Lipinski definition) is 1. The minimum atomic E-state index is 0.289. The molecule has 1 heteroatoms. The number of rotatable bonds is 7. The van der Waals surface area contributed by atoms with Crippen molar-refractivity contribution in [3.05, 3.63) is 12.2 Å². The van der Waals surface area contributed by atoms with Gasteiger partial charge in [-0.3, -0.25) is 0 Å². The van der Waals surface area contributed by atoms with E-state index in [1.807, 2.05) is 0 Å². The zero-order chi connectivity index (χ0) is 10.1. The first-order valence-corrected chi connectivity index (χ1v) is 5.53. The quantitative estimate of drug-likeness (QED) is 0.475. The van der Waals surface area contributed by atoms with E-state index in [-0.39, 0.29) is 6.61 Å². The minimum absolute atomic E-state index is 0.289. The van der Waals surface area contributed by atoms with Crippen molar-refractivity contribution >= 4 is 0 Å². The molecular formula is C12H24O. The minimum Gasteiger partial charge on any atom is -0.396 e. The third kappa shape index (κ3) is 5.87. The van der Waals surface area contributed by atoms with Gasteiger partial charge in [-0.25, -0.2) is 0 Å². The van der Waals surface area contributed by atoms with Crippen LogP contribution in [0.5, 0.6) is 0 Å². The van der Waals surface area contributed by atoms with Crippen LogP contribution in [-0.2, 0) is 0 Å². The van der Waals surface area contributed by atoms with E-state index in [1.54, 1.807) is 0 Å². The molecule has 0 rings (SSSR count). The van der Waals surface area contributed by atoms with Crippen molar-refractivity contribution in [2.24, 2.45) is 11.8 Å². The predicted octanol–water partition coefficient (Wildman–Crippen LogP) is 3.39. The molecule has 2 atom stereocenters. The average Bonchev–Trinajstić information content (AvgIpc) is 2.17. The summed E-state index contributed by atoms with van der Waals surface area (Å²) in [4.78, 5) is 0. The van der Waals surface area contributed by atoms with E-state index < -0.39 is 0 Å². The number of hydrogen-bond acceptors (Lipinski definition) is 1. The zero-order valence-electron chi connectivity index (χ0n) is 9.29. The van der Waals surface area contributed by atoms with Gasteiger partial charge in [0.2, 0.25) is 0 Å². The van der Waals surface area contributed by atoms with Crippen LogP contribution in [0.4, 0.5) is 0 Å². The van der Waals surface area contributed by atoms with Crippen LogP contribution in [0, 0.1) is 11.8 Å². The van der Waals surface area contributed by atoms with Gasteiger partial charge in [0.1, 0.15) is 0 Å². The van der Waals surface area contributed by atoms with Gasteiger partial charge >= 0.3 is 0 Å². The smallest absolute Gasteiger partial charge is 0.0496 e. The van der Waals surface area contributed by atoms with E-state index in [4.69, 9.17) is 5.11 Å². The Morgan fingerprint density at radius 2 is 2.00 bits per heavy atom. The van der Waals surface area contributed by atoms with Crippen molar-refractivity contribution in [3.63, 3.8) is 0 Å². The molecule has 0 aromatic heterocycles. The summed E-state index contributed by atoms with van der Waals surface area (Å²) in [6, 6.07) is 0. The molecular weight excluding hydrogens is 160 g/mol. The Balaban J connectivity index is 3.75. The summed E-state index contributed by atoms with van der Waals surface area (Å²) in [5.41, 5.74) is 0. The summed E-state index contributed by atoms with van der Waals surface area (Å²) in [7, 11) is 0. The third-order valence-corrected chi connectivity index (χ3v) is 2.69. The van der Waals surface area contributed by atoms with Crippen LogP contribution >= 0.6 is 0 Å². The maximum Gasteiger partial charge on any atom is 0.0496 e. The molecule has 0 spiro atoms. The van der Waals surface area contributed by atoms with Crippen molar-refractivity contribution in [1.82, 2.24) is 0 Å². The van der Waals surface area contributed by atoms with Gasteiger partial charge in [-0.1, -0.05) is 52.2 Å². The highest BCUT2D eigenvalue weighted by atomic mass is 16.3. The van der Waals surface area contributed by atoms with Gasteiger partial charge < -0.3 is 5.11 Å². The second-order valence-electron chi connectivity index (χ2n) is 3.80. The van der Waals surface area contributed by atoms with Gasteiger partial charge in [0.05, 0.1) is 0 Å². The largest absolute Gasteiger partial charge is 0.396 e. The summed E-state index contributed by atoms with van der Waals surface area (Å²) in [6.45, 7) is 6.86. The zero-order valence-corrected chi connectivity index (χ0v) is 9.29. The normalized spacial score (nSPS) is 16.3. The number of aliphatic hydroxyl groups excluding tert-OH is 1. The van der Waals surface area contributed by atoms with Crippen molar-refractivity contribution < 1.29 is 5.11 Å². The molecule has 0 saturated heterocycles. The molecule has 0 aliphatic heterocycles. The summed E-state index contributed by atoms with van der Waals surface area (Å²) < 4.78 is 0. The predicted molar refractivity (Wildman–Crippen MR) is 58.7 cm³/mol. The molecule has 2 unspecified atom stereocenters. The maximum atomic E-state index is 9.13. The Hall–Kier alpha value is -0.300. The molecule has 13 heavy (non-hydrogen) atoms. The molecule has 0 bridgehead atoms. The topological polar surface area (TPSA) is 20.2 Å². The Morgan fingerprint density at radius 1 is 1.31 bits per heavy atom. The Labute approximate surface area is 82.9 Å². The van der Waals surface area contributed by atoms with E-state index in [9.17, 15) is 0 Å². The van der Waals surface area contributed by atoms with Gasteiger partial charge in [-0.05, 0) is 12.3 Å². The van der Waals surface area contributed by atoms with E-state index in [1.165, 1.54) is 12.8 Å². The highest BCUT2D eigenvalue weighted by Crippen LogP contribution is 2.16. The summed E-state index contributed by atoms with van der Waals surface area (Å²) in [5.74, 6) is 0.963. The molecule has 0 aromatic carbocycles. The molecule has 1 nitrogen and oxygen atoms in total. The summed E-state index contributed by atoms with van der Waals surface area (Å²) >= 11 is 0. The maximum absolute atomic E-state index is 9.13. The number of allylic oxidation sites excluding steroid dienone is 1. The van der Waals surface area contributed by atoms with Crippen molar-refractivity contribution in [3.8, 4) is 0 Å². The van der Waals surface area contributed by atoms with Gasteiger partial charge in [-0.15, -0.1) is 0 Å². The van der Waals surface area contributed by atoms with Crippen LogP contribution < -0.4 is 0 Å². The third-order valence-electron chi connectivity index (χ3n) is 2.69. The molecule has 0 radical (unpaired) electrons. The molecule has 0 fully saturated rings. The lowest BCUT2D eigenvalue weighted by molar-refractivity contribution is 0.212. The molecule has 0 aliphatic rings. The summed E-state index contributed by atoms with van der Waals surface area (Å²) in [6.07, 6.45) is 9.21. The van der Waals surface area contributed by atoms with Gasteiger partial charge in [0, 0.05) is 12.5 Å². The molecule has 0 heterocycles. The fourth-order valence-electron chi connectivity index (χ4n) is 1.33. The summed E-state index contributed by atoms with van der Waals surface area (Å²) in [5, 5.41) is 9.13. The Morgan fingerprint density at radius 3 is 2.46 bits per heavy atom. The van der Waals surface area contributed by atoms with E-state index >= 15 is 0 Å². The standard InChI is InChI=1S/C12H24O/c1-4-6-7-8-9-12(10-13)11(3)5-2/h8-9,11-13H,4-7,10H2,1-3H3. The lowest BCUT2D eigenvalue weighted by atomic mass is 9.92. The number of aliphatic hydroxyl groups is 1. The van der Waals surface area contributed by atoms with Gasteiger partial charge in [-0.2, -0.15) is 0 Å². The van der Waals surface area contributed by atoms with Crippen LogP contribution in [0.15, 0.2) is 12.2 Å². The lowest BCUT2D eigenvalue weighted by Gasteiger charge is -2.16. The van der Waals surface area contributed by atoms with Crippen LogP contribution in [0.2, 0.25) is 0 Å². The Bertz CT molecular complexity index is 129. The highest BCUT2D eigenvalue weighted by molar-refractivity contribution is 4.90. The average molecular weight is 184 g/mol. The fourth-order valence-corrected chi connectivity index (χ4v) is 1.33. The molecule has 0 aromatic rings. The molecule has 78 valence electrons. The van der Waals surface area contributed by atoms with Crippen molar-refractivity contribution in [2.45, 2.75) is 46.5 Å². The van der Waals surface area contributed by atoms with Crippen LogP contribution in [0.25, 0.3) is 0 Å². The molecule has 0 aliphatic carbocycles. The van der Waals surface area contributed by atoms with Crippen molar-refractivity contribution in [1.29, 1.82) is 0 Å². The van der Waals surface area contributed by atoms with Crippen molar-refractivity contribution in [2.75, 3.05) is 6.61 Å². The van der Waals surface area contributed by atoms with Gasteiger partial charge in [0.15, 0.2) is 0 Å².